The number of amides is 2. The van der Waals surface area contributed by atoms with Gasteiger partial charge in [0.15, 0.2) is 5.76 Å². The first-order valence-corrected chi connectivity index (χ1v) is 11.7. The molecule has 0 aliphatic carbocycles. The number of nitrogens with one attached hydrogen (secondary N) is 1. The normalized spacial score (nSPS) is 14.9. The minimum atomic E-state index is -0.0864. The van der Waals surface area contributed by atoms with E-state index < -0.39 is 0 Å². The number of fused-ring (bicyclic) bond motifs is 1. The summed E-state index contributed by atoms with van der Waals surface area (Å²) in [6, 6.07) is 7.78. The van der Waals surface area contributed by atoms with Crippen LogP contribution in [-0.2, 0) is 10.5 Å². The lowest BCUT2D eigenvalue weighted by molar-refractivity contribution is -0.122. The van der Waals surface area contributed by atoms with Crippen molar-refractivity contribution in [2.24, 2.45) is 0 Å². The third-order valence-electron chi connectivity index (χ3n) is 5.14. The number of carbonyl (C=O) groups excluding carboxylic acids is 2. The van der Waals surface area contributed by atoms with Crippen molar-refractivity contribution in [3.63, 3.8) is 0 Å². The van der Waals surface area contributed by atoms with Gasteiger partial charge in [0.2, 0.25) is 5.91 Å². The van der Waals surface area contributed by atoms with Crippen LogP contribution >= 0.6 is 23.1 Å². The zero-order valence-corrected chi connectivity index (χ0v) is 18.6. The number of carbonyl (C=O) groups is 2. The van der Waals surface area contributed by atoms with Gasteiger partial charge in [-0.3, -0.25) is 14.5 Å². The van der Waals surface area contributed by atoms with Crippen molar-refractivity contribution in [3.05, 3.63) is 46.7 Å². The molecule has 3 heterocycles. The molecule has 0 spiro atoms. The number of thiazole rings is 1. The number of likely N-dealkylation sites (N-methyl/N-ethyl adjacent to an activating group) is 1. The highest BCUT2D eigenvalue weighted by Gasteiger charge is 2.28. The van der Waals surface area contributed by atoms with Crippen LogP contribution in [0.1, 0.15) is 21.8 Å². The molecule has 9 heteroatoms. The van der Waals surface area contributed by atoms with E-state index in [2.05, 4.69) is 15.2 Å². The van der Waals surface area contributed by atoms with E-state index in [-0.39, 0.29) is 11.8 Å². The van der Waals surface area contributed by atoms with Gasteiger partial charge in [0, 0.05) is 61.0 Å². The lowest BCUT2D eigenvalue weighted by Crippen LogP contribution is -2.50. The molecule has 1 aliphatic heterocycles. The topological polar surface area (TPSA) is 78.7 Å². The summed E-state index contributed by atoms with van der Waals surface area (Å²) >= 11 is 3.24. The quantitative estimate of drug-likeness (QED) is 0.589. The van der Waals surface area contributed by atoms with Crippen LogP contribution in [0.3, 0.4) is 0 Å². The zero-order valence-electron chi connectivity index (χ0n) is 17.0. The molecule has 1 fully saturated rings. The summed E-state index contributed by atoms with van der Waals surface area (Å²) < 4.78 is 7.00. The van der Waals surface area contributed by atoms with E-state index in [0.717, 1.165) is 26.6 Å². The minimum absolute atomic E-state index is 0.0104. The van der Waals surface area contributed by atoms with Gasteiger partial charge in [0.05, 0.1) is 6.54 Å². The van der Waals surface area contributed by atoms with Crippen LogP contribution in [0.5, 0.6) is 0 Å². The fraction of sp³-hybridized carbons (Fsp3) is 0.381. The third kappa shape index (κ3) is 4.53. The first-order valence-electron chi connectivity index (χ1n) is 9.82. The Morgan fingerprint density at radius 2 is 2.00 bits per heavy atom. The molecule has 1 saturated heterocycles. The monoisotopic (exact) mass is 444 g/mol. The molecular weight excluding hydrogens is 420 g/mol. The Kier molecular flexibility index (Phi) is 6.40. The summed E-state index contributed by atoms with van der Waals surface area (Å²) in [5.41, 5.74) is 2.65. The van der Waals surface area contributed by atoms with Crippen LogP contribution < -0.4 is 5.32 Å². The lowest BCUT2D eigenvalue weighted by Gasteiger charge is -2.33. The van der Waals surface area contributed by atoms with Crippen molar-refractivity contribution >= 4 is 45.9 Å². The molecule has 0 bridgehead atoms. The molecule has 0 radical (unpaired) electrons. The summed E-state index contributed by atoms with van der Waals surface area (Å²) in [6.07, 6.45) is 0. The molecule has 7 nitrogen and oxygen atoms in total. The molecule has 1 aliphatic rings. The predicted molar refractivity (Wildman–Crippen MR) is 119 cm³/mol. The number of aryl methyl sites for hydroxylation is 1. The fourth-order valence-corrected chi connectivity index (χ4v) is 5.36. The smallest absolute Gasteiger partial charge is 0.290 e. The first-order chi connectivity index (χ1) is 14.5. The number of rotatable bonds is 6. The molecular formula is C21H24N4O3S2. The van der Waals surface area contributed by atoms with Crippen LogP contribution in [0.4, 0.5) is 0 Å². The Balaban J connectivity index is 1.51. The Morgan fingerprint density at radius 1 is 1.23 bits per heavy atom. The van der Waals surface area contributed by atoms with Gasteiger partial charge in [0.25, 0.3) is 5.91 Å². The van der Waals surface area contributed by atoms with Gasteiger partial charge in [0.1, 0.15) is 9.92 Å². The van der Waals surface area contributed by atoms with Crippen LogP contribution in [0.25, 0.3) is 11.0 Å². The predicted octanol–water partition coefficient (Wildman–Crippen LogP) is 2.99. The standard InChI is InChI=1S/C21H24N4O3S2/c1-14-12-29-21(23-14)30-13-16-15-5-3-4-6-17(15)28-19(16)20(27)25-9-7-24(8-10-25)11-18(26)22-2/h3-6,12H,7-11,13H2,1-2H3,(H,22,26). The third-order valence-corrected chi connectivity index (χ3v) is 7.30. The maximum Gasteiger partial charge on any atom is 0.290 e. The van der Waals surface area contributed by atoms with E-state index in [1.807, 2.05) is 41.5 Å². The lowest BCUT2D eigenvalue weighted by atomic mass is 10.1. The number of para-hydroxylation sites is 1. The Bertz CT molecular complexity index is 1050. The van der Waals surface area contributed by atoms with Crippen LogP contribution in [0.15, 0.2) is 38.4 Å². The van der Waals surface area contributed by atoms with Crippen molar-refractivity contribution in [2.45, 2.75) is 17.0 Å². The number of thioether (sulfide) groups is 1. The first kappa shape index (κ1) is 20.9. The van der Waals surface area contributed by atoms with E-state index in [9.17, 15) is 9.59 Å². The van der Waals surface area contributed by atoms with Gasteiger partial charge in [-0.15, -0.1) is 11.3 Å². The molecule has 2 aromatic heterocycles. The number of furan rings is 1. The Labute approximate surface area is 183 Å². The summed E-state index contributed by atoms with van der Waals surface area (Å²) in [5.74, 6) is 0.944. The number of nitrogens with zero attached hydrogens (tertiary/aromatic N) is 3. The van der Waals surface area contributed by atoms with Gasteiger partial charge in [-0.2, -0.15) is 0 Å². The number of hydrogen-bond donors (Lipinski definition) is 1. The summed E-state index contributed by atoms with van der Waals surface area (Å²) in [7, 11) is 1.64. The van der Waals surface area contributed by atoms with E-state index >= 15 is 0 Å². The minimum Gasteiger partial charge on any atom is -0.451 e. The molecule has 1 N–H and O–H groups in total. The van der Waals surface area contributed by atoms with E-state index in [1.165, 1.54) is 0 Å². The molecule has 1 aromatic carbocycles. The molecule has 3 aromatic rings. The average molecular weight is 445 g/mol. The van der Waals surface area contributed by atoms with E-state index in [0.29, 0.717) is 44.2 Å². The SMILES string of the molecule is CNC(=O)CN1CCN(C(=O)c2oc3ccccc3c2CSc2nc(C)cs2)CC1. The highest BCUT2D eigenvalue weighted by molar-refractivity contribution is 8.00. The fourth-order valence-electron chi connectivity index (χ4n) is 3.48. The van der Waals surface area contributed by atoms with Crippen LogP contribution in [0.2, 0.25) is 0 Å². The number of benzene rings is 1. The highest BCUT2D eigenvalue weighted by Crippen LogP contribution is 2.34. The summed E-state index contributed by atoms with van der Waals surface area (Å²) in [6.45, 7) is 4.82. The molecule has 30 heavy (non-hydrogen) atoms. The Morgan fingerprint density at radius 3 is 2.70 bits per heavy atom. The number of hydrogen-bond acceptors (Lipinski definition) is 7. The van der Waals surface area contributed by atoms with E-state index in [4.69, 9.17) is 4.42 Å². The maximum absolute atomic E-state index is 13.3. The van der Waals surface area contributed by atoms with Crippen molar-refractivity contribution in [3.8, 4) is 0 Å². The maximum atomic E-state index is 13.3. The van der Waals surface area contributed by atoms with Crippen molar-refractivity contribution in [1.82, 2.24) is 20.1 Å². The Hall–Kier alpha value is -2.36. The molecule has 2 amide bonds. The van der Waals surface area contributed by atoms with Crippen LogP contribution in [-0.4, -0.2) is 66.4 Å². The van der Waals surface area contributed by atoms with Gasteiger partial charge in [-0.1, -0.05) is 30.0 Å². The molecule has 0 unspecified atom stereocenters. The van der Waals surface area contributed by atoms with Crippen molar-refractivity contribution < 1.29 is 14.0 Å². The van der Waals surface area contributed by atoms with Crippen molar-refractivity contribution in [2.75, 3.05) is 39.8 Å². The summed E-state index contributed by atoms with van der Waals surface area (Å²) in [5, 5.41) is 5.64. The van der Waals surface area contributed by atoms with Gasteiger partial charge >= 0.3 is 0 Å². The van der Waals surface area contributed by atoms with Crippen molar-refractivity contribution in [1.29, 1.82) is 0 Å². The molecule has 158 valence electrons. The van der Waals surface area contributed by atoms with Gasteiger partial charge in [-0.05, 0) is 13.0 Å². The zero-order chi connectivity index (χ0) is 21.1. The summed E-state index contributed by atoms with van der Waals surface area (Å²) in [4.78, 5) is 33.3. The molecule has 4 rings (SSSR count). The number of piperazine rings is 1. The number of aromatic nitrogens is 1. The molecule has 0 saturated carbocycles. The van der Waals surface area contributed by atoms with Crippen LogP contribution in [0, 0.1) is 6.92 Å². The second kappa shape index (κ2) is 9.20. The van der Waals surface area contributed by atoms with E-state index in [1.54, 1.807) is 30.1 Å². The highest BCUT2D eigenvalue weighted by atomic mass is 32.2. The van der Waals surface area contributed by atoms with Gasteiger partial charge in [-0.25, -0.2) is 4.98 Å². The van der Waals surface area contributed by atoms with Gasteiger partial charge < -0.3 is 14.6 Å². The average Bonchev–Trinajstić information content (AvgIpc) is 3.35. The second-order valence-corrected chi connectivity index (χ2v) is 9.27. The molecule has 0 atom stereocenters. The second-order valence-electron chi connectivity index (χ2n) is 7.19. The largest absolute Gasteiger partial charge is 0.451 e.